The van der Waals surface area contributed by atoms with Gasteiger partial charge in [-0.3, -0.25) is 14.9 Å². The second-order valence-corrected chi connectivity index (χ2v) is 4.53. The number of anilines is 1. The Morgan fingerprint density at radius 1 is 1.60 bits per heavy atom. The van der Waals surface area contributed by atoms with Crippen LogP contribution in [0.2, 0.25) is 5.02 Å². The second-order valence-electron chi connectivity index (χ2n) is 4.12. The van der Waals surface area contributed by atoms with Crippen molar-refractivity contribution >= 4 is 28.9 Å². The number of nitrogens with two attached hydrogens (primary N) is 1. The van der Waals surface area contributed by atoms with E-state index in [2.05, 4.69) is 5.32 Å². The molecule has 0 bridgehead atoms. The van der Waals surface area contributed by atoms with Crippen molar-refractivity contribution in [1.82, 2.24) is 5.32 Å². The summed E-state index contributed by atoms with van der Waals surface area (Å²) in [6.45, 7) is 4.44. The first-order chi connectivity index (χ1) is 9.36. The van der Waals surface area contributed by atoms with E-state index in [0.717, 1.165) is 12.1 Å². The lowest BCUT2D eigenvalue weighted by Crippen LogP contribution is -2.32. The quantitative estimate of drug-likeness (QED) is 0.474. The Bertz CT molecular complexity index is 522. The molecule has 1 unspecified atom stereocenters. The fourth-order valence-electron chi connectivity index (χ4n) is 1.57. The molecule has 20 heavy (non-hydrogen) atoms. The zero-order chi connectivity index (χ0) is 15.3. The molecular formula is C12H16ClN3O4. The van der Waals surface area contributed by atoms with E-state index in [0.29, 0.717) is 6.61 Å². The molecule has 0 spiro atoms. The van der Waals surface area contributed by atoms with Crippen LogP contribution in [-0.4, -0.2) is 30.1 Å². The van der Waals surface area contributed by atoms with Gasteiger partial charge in [0.25, 0.3) is 11.6 Å². The zero-order valence-corrected chi connectivity index (χ0v) is 11.9. The summed E-state index contributed by atoms with van der Waals surface area (Å²) in [6.07, 6.45) is -0.167. The van der Waals surface area contributed by atoms with Gasteiger partial charge in [0.2, 0.25) is 0 Å². The van der Waals surface area contributed by atoms with Gasteiger partial charge in [-0.2, -0.15) is 0 Å². The lowest BCUT2D eigenvalue weighted by Gasteiger charge is -2.13. The molecule has 8 heteroatoms. The Morgan fingerprint density at radius 2 is 2.25 bits per heavy atom. The maximum atomic E-state index is 12.0. The van der Waals surface area contributed by atoms with Crippen LogP contribution in [0, 0.1) is 10.1 Å². The normalized spacial score (nSPS) is 11.9. The highest BCUT2D eigenvalue weighted by Crippen LogP contribution is 2.28. The van der Waals surface area contributed by atoms with E-state index >= 15 is 0 Å². The van der Waals surface area contributed by atoms with E-state index in [1.54, 1.807) is 6.92 Å². The van der Waals surface area contributed by atoms with Gasteiger partial charge in [0.1, 0.15) is 0 Å². The maximum absolute atomic E-state index is 12.0. The molecule has 0 aliphatic carbocycles. The molecule has 0 saturated carbocycles. The third-order valence-corrected chi connectivity index (χ3v) is 2.88. The van der Waals surface area contributed by atoms with Crippen LogP contribution < -0.4 is 11.1 Å². The largest absolute Gasteiger partial charge is 0.397 e. The van der Waals surface area contributed by atoms with Crippen LogP contribution in [0.25, 0.3) is 0 Å². The molecule has 1 atom stereocenters. The van der Waals surface area contributed by atoms with E-state index in [9.17, 15) is 14.9 Å². The van der Waals surface area contributed by atoms with Crippen molar-refractivity contribution in [1.29, 1.82) is 0 Å². The number of carbonyl (C=O) groups excluding carboxylic acids is 1. The number of rotatable bonds is 6. The van der Waals surface area contributed by atoms with E-state index in [1.807, 2.05) is 6.92 Å². The number of nitro groups is 1. The van der Waals surface area contributed by atoms with Crippen LogP contribution in [0.15, 0.2) is 12.1 Å². The summed E-state index contributed by atoms with van der Waals surface area (Å²) < 4.78 is 5.26. The Labute approximate surface area is 121 Å². The third kappa shape index (κ3) is 4.07. The summed E-state index contributed by atoms with van der Waals surface area (Å²) in [5.41, 5.74) is 5.38. The molecule has 0 fully saturated rings. The summed E-state index contributed by atoms with van der Waals surface area (Å²) in [6, 6.07) is 2.21. The minimum Gasteiger partial charge on any atom is -0.397 e. The van der Waals surface area contributed by atoms with Crippen LogP contribution in [0.3, 0.4) is 0 Å². The molecule has 0 saturated heterocycles. The predicted molar refractivity (Wildman–Crippen MR) is 75.9 cm³/mol. The first-order valence-electron chi connectivity index (χ1n) is 6.00. The van der Waals surface area contributed by atoms with Crippen molar-refractivity contribution in [3.8, 4) is 0 Å². The van der Waals surface area contributed by atoms with Crippen molar-refractivity contribution in [2.24, 2.45) is 0 Å². The summed E-state index contributed by atoms with van der Waals surface area (Å²) >= 11 is 5.79. The lowest BCUT2D eigenvalue weighted by molar-refractivity contribution is -0.384. The van der Waals surface area contributed by atoms with E-state index in [4.69, 9.17) is 22.1 Å². The average molecular weight is 302 g/mol. The topological polar surface area (TPSA) is 107 Å². The smallest absolute Gasteiger partial charge is 0.271 e. The molecule has 1 aromatic carbocycles. The van der Waals surface area contributed by atoms with Crippen molar-refractivity contribution in [3.05, 3.63) is 32.8 Å². The third-order valence-electron chi connectivity index (χ3n) is 2.57. The van der Waals surface area contributed by atoms with Gasteiger partial charge in [-0.05, 0) is 13.8 Å². The van der Waals surface area contributed by atoms with Gasteiger partial charge >= 0.3 is 0 Å². The van der Waals surface area contributed by atoms with Crippen LogP contribution in [0.4, 0.5) is 11.4 Å². The van der Waals surface area contributed by atoms with E-state index < -0.39 is 10.8 Å². The molecule has 7 nitrogen and oxygen atoms in total. The molecule has 0 heterocycles. The SMILES string of the molecule is CCOC(C)CNC(=O)c1cc([N+](=O)[O-])cc(Cl)c1N. The molecule has 0 aliphatic heterocycles. The van der Waals surface area contributed by atoms with Crippen LogP contribution in [0.5, 0.6) is 0 Å². The van der Waals surface area contributed by atoms with Crippen molar-refractivity contribution in [3.63, 3.8) is 0 Å². The number of non-ortho nitro benzene ring substituents is 1. The Kier molecular flexibility index (Phi) is 5.72. The molecule has 0 aromatic heterocycles. The maximum Gasteiger partial charge on any atom is 0.271 e. The zero-order valence-electron chi connectivity index (χ0n) is 11.2. The van der Waals surface area contributed by atoms with Gasteiger partial charge in [-0.15, -0.1) is 0 Å². The number of hydrogen-bond donors (Lipinski definition) is 2. The predicted octanol–water partition coefficient (Wildman–Crippen LogP) is 1.99. The molecule has 1 rings (SSSR count). The van der Waals surface area contributed by atoms with Gasteiger partial charge in [0.15, 0.2) is 0 Å². The van der Waals surface area contributed by atoms with E-state index in [-0.39, 0.29) is 34.6 Å². The number of nitro benzene ring substituents is 1. The molecular weight excluding hydrogens is 286 g/mol. The highest BCUT2D eigenvalue weighted by molar-refractivity contribution is 6.34. The van der Waals surface area contributed by atoms with Gasteiger partial charge in [-0.25, -0.2) is 0 Å². The van der Waals surface area contributed by atoms with Crippen LogP contribution >= 0.6 is 11.6 Å². The summed E-state index contributed by atoms with van der Waals surface area (Å²) in [5, 5.41) is 13.3. The number of ether oxygens (including phenoxy) is 1. The summed E-state index contributed by atoms with van der Waals surface area (Å²) in [4.78, 5) is 22.1. The Balaban J connectivity index is 2.89. The number of carbonyl (C=O) groups is 1. The number of halogens is 1. The number of nitrogens with zero attached hydrogens (tertiary/aromatic N) is 1. The fraction of sp³-hybridized carbons (Fsp3) is 0.417. The highest BCUT2D eigenvalue weighted by atomic mass is 35.5. The molecule has 110 valence electrons. The fourth-order valence-corrected chi connectivity index (χ4v) is 1.79. The number of amides is 1. The standard InChI is InChI=1S/C12H16ClN3O4/c1-3-20-7(2)6-15-12(17)9-4-8(16(18)19)5-10(13)11(9)14/h4-5,7H,3,6,14H2,1-2H3,(H,15,17). The van der Waals surface area contributed by atoms with Crippen LogP contribution in [0.1, 0.15) is 24.2 Å². The average Bonchev–Trinajstić information content (AvgIpc) is 2.39. The first-order valence-corrected chi connectivity index (χ1v) is 6.37. The number of nitrogen functional groups attached to an aromatic ring is 1. The minimum absolute atomic E-state index is 0.0128. The first kappa shape index (κ1) is 16.2. The molecule has 3 N–H and O–H groups in total. The minimum atomic E-state index is -0.634. The number of nitrogens with one attached hydrogen (secondary N) is 1. The second kappa shape index (κ2) is 7.06. The molecule has 0 aliphatic rings. The number of hydrogen-bond acceptors (Lipinski definition) is 5. The monoisotopic (exact) mass is 301 g/mol. The van der Waals surface area contributed by atoms with Gasteiger partial charge in [0.05, 0.1) is 27.3 Å². The Hall–Kier alpha value is -1.86. The molecule has 0 radical (unpaired) electrons. The van der Waals surface area contributed by atoms with E-state index in [1.165, 1.54) is 0 Å². The lowest BCUT2D eigenvalue weighted by atomic mass is 10.1. The Morgan fingerprint density at radius 3 is 2.80 bits per heavy atom. The highest BCUT2D eigenvalue weighted by Gasteiger charge is 2.19. The van der Waals surface area contributed by atoms with Gasteiger partial charge in [-0.1, -0.05) is 11.6 Å². The van der Waals surface area contributed by atoms with Crippen molar-refractivity contribution in [2.45, 2.75) is 20.0 Å². The molecule has 1 aromatic rings. The van der Waals surface area contributed by atoms with Crippen molar-refractivity contribution < 1.29 is 14.5 Å². The summed E-state index contributed by atoms with van der Waals surface area (Å²) in [5.74, 6) is -0.528. The molecule has 1 amide bonds. The summed E-state index contributed by atoms with van der Waals surface area (Å²) in [7, 11) is 0. The van der Waals surface area contributed by atoms with Gasteiger partial charge < -0.3 is 15.8 Å². The van der Waals surface area contributed by atoms with Crippen molar-refractivity contribution in [2.75, 3.05) is 18.9 Å². The van der Waals surface area contributed by atoms with Gasteiger partial charge in [0, 0.05) is 25.3 Å². The number of benzene rings is 1. The van der Waals surface area contributed by atoms with Crippen LogP contribution in [-0.2, 0) is 4.74 Å².